The van der Waals surface area contributed by atoms with Gasteiger partial charge in [-0.05, 0) is 12.8 Å². The molecule has 0 bridgehead atoms. The van der Waals surface area contributed by atoms with Crippen molar-refractivity contribution in [1.82, 2.24) is 5.32 Å². The van der Waals surface area contributed by atoms with E-state index < -0.39 is 17.9 Å². The zero-order valence-electron chi connectivity index (χ0n) is 10.5. The van der Waals surface area contributed by atoms with Crippen LogP contribution in [0.5, 0.6) is 0 Å². The number of carboxylic acids is 1. The van der Waals surface area contributed by atoms with Crippen molar-refractivity contribution in [3.05, 3.63) is 12.2 Å². The van der Waals surface area contributed by atoms with E-state index in [4.69, 9.17) is 10.8 Å². The Morgan fingerprint density at radius 2 is 2.00 bits per heavy atom. The molecule has 102 valence electrons. The predicted molar refractivity (Wildman–Crippen MR) is 66.7 cm³/mol. The van der Waals surface area contributed by atoms with Crippen LogP contribution in [0.4, 0.5) is 0 Å². The van der Waals surface area contributed by atoms with Crippen molar-refractivity contribution >= 4 is 17.8 Å². The predicted octanol–water partition coefficient (Wildman–Crippen LogP) is 0.568. The smallest absolute Gasteiger partial charge is 0.326 e. The van der Waals surface area contributed by atoms with Gasteiger partial charge in [-0.1, -0.05) is 25.5 Å². The second kappa shape index (κ2) is 9.21. The molecular formula is C12H20N2O4. The molecule has 0 saturated heterocycles. The highest BCUT2D eigenvalue weighted by Crippen LogP contribution is 1.99. The molecular weight excluding hydrogens is 236 g/mol. The van der Waals surface area contributed by atoms with E-state index in [0.29, 0.717) is 0 Å². The fourth-order valence-electron chi connectivity index (χ4n) is 1.27. The minimum atomic E-state index is -1.16. The Hall–Kier alpha value is -1.85. The average molecular weight is 256 g/mol. The number of nitrogens with one attached hydrogen (secondary N) is 1. The van der Waals surface area contributed by atoms with Crippen LogP contribution in [-0.2, 0) is 14.4 Å². The largest absolute Gasteiger partial charge is 0.480 e. The SMILES string of the molecule is CCCC=CCC(=O)NC(CCC(N)=O)C(=O)O. The van der Waals surface area contributed by atoms with E-state index in [1.807, 2.05) is 13.0 Å². The number of carbonyl (C=O) groups excluding carboxylic acids is 2. The Bertz CT molecular complexity index is 326. The number of primary amides is 1. The minimum Gasteiger partial charge on any atom is -0.480 e. The molecule has 4 N–H and O–H groups in total. The van der Waals surface area contributed by atoms with Gasteiger partial charge in [-0.15, -0.1) is 0 Å². The topological polar surface area (TPSA) is 109 Å². The maximum atomic E-state index is 11.4. The van der Waals surface area contributed by atoms with Gasteiger partial charge >= 0.3 is 5.97 Å². The van der Waals surface area contributed by atoms with E-state index in [9.17, 15) is 14.4 Å². The number of nitrogens with two attached hydrogens (primary N) is 1. The molecule has 0 aromatic heterocycles. The Balaban J connectivity index is 4.11. The lowest BCUT2D eigenvalue weighted by atomic mass is 10.1. The average Bonchev–Trinajstić information content (AvgIpc) is 2.29. The van der Waals surface area contributed by atoms with Crippen molar-refractivity contribution in [1.29, 1.82) is 0 Å². The molecule has 6 nitrogen and oxygen atoms in total. The van der Waals surface area contributed by atoms with Gasteiger partial charge in [-0.3, -0.25) is 9.59 Å². The van der Waals surface area contributed by atoms with Crippen molar-refractivity contribution in [2.45, 2.75) is 45.1 Å². The van der Waals surface area contributed by atoms with Gasteiger partial charge < -0.3 is 16.2 Å². The molecule has 0 aromatic rings. The number of unbranched alkanes of at least 4 members (excludes halogenated alkanes) is 1. The third-order valence-electron chi connectivity index (χ3n) is 2.24. The molecule has 0 spiro atoms. The van der Waals surface area contributed by atoms with Crippen LogP contribution in [0.2, 0.25) is 0 Å². The number of amides is 2. The molecule has 2 amide bonds. The summed E-state index contributed by atoms with van der Waals surface area (Å²) in [5.41, 5.74) is 4.93. The maximum Gasteiger partial charge on any atom is 0.326 e. The second-order valence-corrected chi connectivity index (χ2v) is 3.93. The molecule has 0 radical (unpaired) electrons. The summed E-state index contributed by atoms with van der Waals surface area (Å²) in [6, 6.07) is -1.07. The highest BCUT2D eigenvalue weighted by Gasteiger charge is 2.19. The number of allylic oxidation sites excluding steroid dienone is 1. The number of hydrogen-bond donors (Lipinski definition) is 3. The van der Waals surface area contributed by atoms with Crippen molar-refractivity contribution in [2.75, 3.05) is 0 Å². The van der Waals surface area contributed by atoms with Gasteiger partial charge in [-0.2, -0.15) is 0 Å². The molecule has 6 heteroatoms. The van der Waals surface area contributed by atoms with E-state index in [0.717, 1.165) is 12.8 Å². The highest BCUT2D eigenvalue weighted by molar-refractivity contribution is 5.84. The fraction of sp³-hybridized carbons (Fsp3) is 0.583. The Morgan fingerprint density at radius 3 is 2.50 bits per heavy atom. The van der Waals surface area contributed by atoms with Gasteiger partial charge in [0.15, 0.2) is 0 Å². The summed E-state index contributed by atoms with van der Waals surface area (Å²) in [5, 5.41) is 11.2. The van der Waals surface area contributed by atoms with E-state index in [2.05, 4.69) is 5.32 Å². The third kappa shape index (κ3) is 8.32. The van der Waals surface area contributed by atoms with Crippen LogP contribution >= 0.6 is 0 Å². The van der Waals surface area contributed by atoms with Crippen molar-refractivity contribution < 1.29 is 19.5 Å². The maximum absolute atomic E-state index is 11.4. The fourth-order valence-corrected chi connectivity index (χ4v) is 1.27. The first-order valence-corrected chi connectivity index (χ1v) is 5.92. The first-order valence-electron chi connectivity index (χ1n) is 5.92. The van der Waals surface area contributed by atoms with E-state index in [-0.39, 0.29) is 25.2 Å². The molecule has 18 heavy (non-hydrogen) atoms. The van der Waals surface area contributed by atoms with Crippen molar-refractivity contribution in [2.24, 2.45) is 5.73 Å². The van der Waals surface area contributed by atoms with Gasteiger partial charge in [0.2, 0.25) is 11.8 Å². The zero-order chi connectivity index (χ0) is 14.0. The molecule has 0 saturated carbocycles. The molecule has 0 heterocycles. The van der Waals surface area contributed by atoms with Gasteiger partial charge in [0, 0.05) is 12.8 Å². The molecule has 1 unspecified atom stereocenters. The second-order valence-electron chi connectivity index (χ2n) is 3.93. The van der Waals surface area contributed by atoms with Gasteiger partial charge in [0.25, 0.3) is 0 Å². The monoisotopic (exact) mass is 256 g/mol. The normalized spacial score (nSPS) is 12.3. The van der Waals surface area contributed by atoms with E-state index >= 15 is 0 Å². The first kappa shape index (κ1) is 16.1. The number of carbonyl (C=O) groups is 3. The molecule has 0 aliphatic rings. The number of aliphatic carboxylic acids is 1. The third-order valence-corrected chi connectivity index (χ3v) is 2.24. The molecule has 1 atom stereocenters. The molecule has 0 aromatic carbocycles. The zero-order valence-corrected chi connectivity index (χ0v) is 10.5. The lowest BCUT2D eigenvalue weighted by molar-refractivity contribution is -0.142. The summed E-state index contributed by atoms with van der Waals surface area (Å²) >= 11 is 0. The standard InChI is InChI=1S/C12H20N2O4/c1-2-3-4-5-6-11(16)14-9(12(17)18)7-8-10(13)15/h4-5,9H,2-3,6-8H2,1H3,(H2,13,15)(H,14,16)(H,17,18). The Morgan fingerprint density at radius 1 is 1.33 bits per heavy atom. The summed E-state index contributed by atoms with van der Waals surface area (Å²) in [4.78, 5) is 32.8. The molecule has 0 aliphatic carbocycles. The molecule has 0 fully saturated rings. The highest BCUT2D eigenvalue weighted by atomic mass is 16.4. The lowest BCUT2D eigenvalue weighted by Gasteiger charge is -2.12. The summed E-state index contributed by atoms with van der Waals surface area (Å²) in [6.45, 7) is 2.02. The lowest BCUT2D eigenvalue weighted by Crippen LogP contribution is -2.41. The van der Waals surface area contributed by atoms with Crippen LogP contribution in [0.3, 0.4) is 0 Å². The quantitative estimate of drug-likeness (QED) is 0.524. The van der Waals surface area contributed by atoms with Gasteiger partial charge in [-0.25, -0.2) is 4.79 Å². The summed E-state index contributed by atoms with van der Waals surface area (Å²) in [6.07, 6.45) is 5.54. The summed E-state index contributed by atoms with van der Waals surface area (Å²) in [5.74, 6) is -2.13. The minimum absolute atomic E-state index is 0.00901. The van der Waals surface area contributed by atoms with Crippen LogP contribution in [0, 0.1) is 0 Å². The van der Waals surface area contributed by atoms with Gasteiger partial charge in [0.05, 0.1) is 0 Å². The molecule has 0 rings (SSSR count). The van der Waals surface area contributed by atoms with Crippen LogP contribution in [0.1, 0.15) is 39.0 Å². The van der Waals surface area contributed by atoms with E-state index in [1.165, 1.54) is 0 Å². The first-order chi connectivity index (χ1) is 8.47. The van der Waals surface area contributed by atoms with E-state index in [1.54, 1.807) is 6.08 Å². The summed E-state index contributed by atoms with van der Waals surface area (Å²) < 4.78 is 0. The Kier molecular flexibility index (Phi) is 8.26. The Labute approximate surface area is 106 Å². The van der Waals surface area contributed by atoms with Crippen LogP contribution in [0.15, 0.2) is 12.2 Å². The van der Waals surface area contributed by atoms with Crippen LogP contribution in [0.25, 0.3) is 0 Å². The molecule has 0 aliphatic heterocycles. The number of rotatable bonds is 9. The summed E-state index contributed by atoms with van der Waals surface area (Å²) in [7, 11) is 0. The van der Waals surface area contributed by atoms with Crippen LogP contribution < -0.4 is 11.1 Å². The van der Waals surface area contributed by atoms with Gasteiger partial charge in [0.1, 0.15) is 6.04 Å². The van der Waals surface area contributed by atoms with Crippen molar-refractivity contribution in [3.63, 3.8) is 0 Å². The number of carboxylic acid groups (broad SMARTS) is 1. The van der Waals surface area contributed by atoms with Crippen molar-refractivity contribution in [3.8, 4) is 0 Å². The van der Waals surface area contributed by atoms with Crippen LogP contribution in [-0.4, -0.2) is 28.9 Å². The number of hydrogen-bond acceptors (Lipinski definition) is 3.